The third-order valence-electron chi connectivity index (χ3n) is 2.28. The third kappa shape index (κ3) is 2.52. The molecule has 5 nitrogen and oxygen atoms in total. The van der Waals surface area contributed by atoms with Crippen LogP contribution in [0.4, 0.5) is 5.69 Å². The monoisotopic (exact) mass is 295 g/mol. The minimum Gasteiger partial charge on any atom is -0.320 e. The lowest BCUT2D eigenvalue weighted by Gasteiger charge is -2.05. The molecule has 0 radical (unpaired) electrons. The van der Waals surface area contributed by atoms with Crippen molar-refractivity contribution in [1.82, 2.24) is 10.3 Å². The largest absolute Gasteiger partial charge is 0.320 e. The molecule has 88 valence electrons. The molecule has 17 heavy (non-hydrogen) atoms. The molecule has 0 bridgehead atoms. The number of halogens is 1. The molecule has 0 unspecified atom stereocenters. The molecule has 6 heteroatoms. The van der Waals surface area contributed by atoms with Gasteiger partial charge >= 0.3 is 0 Å². The van der Waals surface area contributed by atoms with Crippen LogP contribution in [0.5, 0.6) is 0 Å². The number of benzene rings is 1. The van der Waals surface area contributed by atoms with Crippen LogP contribution >= 0.6 is 15.9 Å². The molecule has 1 heterocycles. The number of nitrogens with zero attached hydrogens (tertiary/aromatic N) is 2. The summed E-state index contributed by atoms with van der Waals surface area (Å²) in [7, 11) is 0. The van der Waals surface area contributed by atoms with Gasteiger partial charge in [0, 0.05) is 10.2 Å². The molecule has 0 aliphatic rings. The van der Waals surface area contributed by atoms with Crippen molar-refractivity contribution in [2.24, 2.45) is 0 Å². The summed E-state index contributed by atoms with van der Waals surface area (Å²) in [6.45, 7) is 3.61. The fourth-order valence-electron chi connectivity index (χ4n) is 1.35. The first kappa shape index (κ1) is 11.8. The number of hydrogen-bond donors (Lipinski definition) is 1. The van der Waals surface area contributed by atoms with Crippen LogP contribution in [-0.4, -0.2) is 16.2 Å². The minimum absolute atomic E-state index is 0.200. The van der Waals surface area contributed by atoms with E-state index in [1.165, 1.54) is 0 Å². The zero-order valence-electron chi connectivity index (χ0n) is 9.32. The normalized spacial score (nSPS) is 10.3. The smallest absolute Gasteiger partial charge is 0.279 e. The van der Waals surface area contributed by atoms with Crippen molar-refractivity contribution in [3.63, 3.8) is 0 Å². The molecule has 0 spiro atoms. The second-order valence-corrected chi connectivity index (χ2v) is 4.47. The molecule has 1 N–H and O–H groups in total. The first-order valence-corrected chi connectivity index (χ1v) is 5.74. The van der Waals surface area contributed by atoms with E-state index in [9.17, 15) is 4.79 Å². The van der Waals surface area contributed by atoms with Gasteiger partial charge in [0.05, 0.1) is 0 Å². The Balaban J connectivity index is 2.19. The van der Waals surface area contributed by atoms with E-state index in [1.807, 2.05) is 19.1 Å². The Morgan fingerprint density at radius 2 is 2.12 bits per heavy atom. The van der Waals surface area contributed by atoms with Crippen LogP contribution < -0.4 is 5.32 Å². The number of rotatable bonds is 2. The highest BCUT2D eigenvalue weighted by Gasteiger charge is 2.15. The highest BCUT2D eigenvalue weighted by atomic mass is 79.9. The van der Waals surface area contributed by atoms with Gasteiger partial charge in [-0.1, -0.05) is 21.1 Å². The van der Waals surface area contributed by atoms with Crippen LogP contribution in [0.3, 0.4) is 0 Å². The number of amides is 1. The standard InChI is InChI=1S/C11H10BrN3O2/c1-6-5-8(3-4-9(6)12)13-11(16)10-7(2)14-17-15-10/h3-5H,1-2H3,(H,13,16). The summed E-state index contributed by atoms with van der Waals surface area (Å²) in [5.41, 5.74) is 2.41. The van der Waals surface area contributed by atoms with E-state index >= 15 is 0 Å². The van der Waals surface area contributed by atoms with Crippen LogP contribution in [0.15, 0.2) is 27.3 Å². The first-order chi connectivity index (χ1) is 8.08. The molecule has 0 aliphatic heterocycles. The molecule has 1 aromatic heterocycles. The third-order valence-corrected chi connectivity index (χ3v) is 3.17. The maximum absolute atomic E-state index is 11.8. The zero-order valence-corrected chi connectivity index (χ0v) is 10.9. The molecule has 0 saturated carbocycles. The second-order valence-electron chi connectivity index (χ2n) is 3.62. The summed E-state index contributed by atoms with van der Waals surface area (Å²) >= 11 is 3.40. The summed E-state index contributed by atoms with van der Waals surface area (Å²) < 4.78 is 5.47. The van der Waals surface area contributed by atoms with E-state index in [0.29, 0.717) is 11.4 Å². The maximum Gasteiger partial charge on any atom is 0.279 e. The summed E-state index contributed by atoms with van der Waals surface area (Å²) in [5.74, 6) is -0.328. The Kier molecular flexibility index (Phi) is 3.23. The van der Waals surface area contributed by atoms with Gasteiger partial charge in [0.25, 0.3) is 5.91 Å². The predicted octanol–water partition coefficient (Wildman–Crippen LogP) is 2.70. The van der Waals surface area contributed by atoms with Crippen molar-refractivity contribution in [3.8, 4) is 0 Å². The van der Waals surface area contributed by atoms with Gasteiger partial charge in [-0.15, -0.1) is 0 Å². The summed E-state index contributed by atoms with van der Waals surface area (Å²) in [4.78, 5) is 11.8. The SMILES string of the molecule is Cc1cc(NC(=O)c2nonc2C)ccc1Br. The Morgan fingerprint density at radius 1 is 1.35 bits per heavy atom. The lowest BCUT2D eigenvalue weighted by Crippen LogP contribution is -2.13. The Hall–Kier alpha value is -1.69. The average molecular weight is 296 g/mol. The van der Waals surface area contributed by atoms with Crippen LogP contribution in [-0.2, 0) is 0 Å². The van der Waals surface area contributed by atoms with E-state index in [2.05, 4.69) is 36.2 Å². The van der Waals surface area contributed by atoms with Crippen molar-refractivity contribution < 1.29 is 9.42 Å². The lowest BCUT2D eigenvalue weighted by atomic mass is 10.2. The van der Waals surface area contributed by atoms with E-state index < -0.39 is 0 Å². The lowest BCUT2D eigenvalue weighted by molar-refractivity contribution is 0.101. The fourth-order valence-corrected chi connectivity index (χ4v) is 1.60. The van der Waals surface area contributed by atoms with Gasteiger partial charge in [0.2, 0.25) is 0 Å². The average Bonchev–Trinajstić information content (AvgIpc) is 2.70. The van der Waals surface area contributed by atoms with Gasteiger partial charge in [0.1, 0.15) is 5.69 Å². The van der Waals surface area contributed by atoms with Gasteiger partial charge in [0.15, 0.2) is 5.69 Å². The van der Waals surface area contributed by atoms with Crippen molar-refractivity contribution in [2.75, 3.05) is 5.32 Å². The van der Waals surface area contributed by atoms with Gasteiger partial charge in [-0.05, 0) is 42.8 Å². The highest BCUT2D eigenvalue weighted by molar-refractivity contribution is 9.10. The van der Waals surface area contributed by atoms with Crippen LogP contribution in [0.2, 0.25) is 0 Å². The number of carbonyl (C=O) groups excluding carboxylic acids is 1. The molecule has 0 atom stereocenters. The molecule has 0 fully saturated rings. The minimum atomic E-state index is -0.328. The number of hydrogen-bond acceptors (Lipinski definition) is 4. The molecule has 0 aliphatic carbocycles. The molecule has 1 aromatic carbocycles. The fraction of sp³-hybridized carbons (Fsp3) is 0.182. The molecule has 2 aromatic rings. The summed E-state index contributed by atoms with van der Waals surface area (Å²) in [6.07, 6.45) is 0. The Bertz CT molecular complexity index is 566. The van der Waals surface area contributed by atoms with Gasteiger partial charge in [-0.25, -0.2) is 4.63 Å². The van der Waals surface area contributed by atoms with Gasteiger partial charge < -0.3 is 5.32 Å². The van der Waals surface area contributed by atoms with Crippen molar-refractivity contribution >= 4 is 27.5 Å². The number of carbonyl (C=O) groups is 1. The van der Waals surface area contributed by atoms with E-state index in [0.717, 1.165) is 10.0 Å². The Morgan fingerprint density at radius 3 is 2.71 bits per heavy atom. The van der Waals surface area contributed by atoms with Crippen molar-refractivity contribution in [3.05, 3.63) is 39.6 Å². The quantitative estimate of drug-likeness (QED) is 0.925. The predicted molar refractivity (Wildman–Crippen MR) is 65.9 cm³/mol. The molecular formula is C11H10BrN3O2. The Labute approximate surface area is 106 Å². The zero-order chi connectivity index (χ0) is 12.4. The maximum atomic E-state index is 11.8. The van der Waals surface area contributed by atoms with Crippen LogP contribution in [0.25, 0.3) is 0 Å². The number of nitrogens with one attached hydrogen (secondary N) is 1. The van der Waals surface area contributed by atoms with Gasteiger partial charge in [-0.3, -0.25) is 4.79 Å². The van der Waals surface area contributed by atoms with Gasteiger partial charge in [-0.2, -0.15) is 0 Å². The molecule has 0 saturated heterocycles. The number of aromatic nitrogens is 2. The highest BCUT2D eigenvalue weighted by Crippen LogP contribution is 2.20. The van der Waals surface area contributed by atoms with Crippen molar-refractivity contribution in [2.45, 2.75) is 13.8 Å². The molecular weight excluding hydrogens is 286 g/mol. The summed E-state index contributed by atoms with van der Waals surface area (Å²) in [6, 6.07) is 5.54. The first-order valence-electron chi connectivity index (χ1n) is 4.94. The molecule has 1 amide bonds. The number of aryl methyl sites for hydroxylation is 2. The van der Waals surface area contributed by atoms with E-state index in [1.54, 1.807) is 13.0 Å². The number of anilines is 1. The van der Waals surface area contributed by atoms with E-state index in [4.69, 9.17) is 0 Å². The van der Waals surface area contributed by atoms with Crippen molar-refractivity contribution in [1.29, 1.82) is 0 Å². The van der Waals surface area contributed by atoms with Crippen LogP contribution in [0.1, 0.15) is 21.7 Å². The van der Waals surface area contributed by atoms with E-state index in [-0.39, 0.29) is 11.6 Å². The second kappa shape index (κ2) is 4.67. The summed E-state index contributed by atoms with van der Waals surface area (Å²) in [5, 5.41) is 9.83. The molecule has 2 rings (SSSR count). The van der Waals surface area contributed by atoms with Crippen LogP contribution in [0, 0.1) is 13.8 Å². The topological polar surface area (TPSA) is 68.0 Å².